The topological polar surface area (TPSA) is 72.2 Å². The summed E-state index contributed by atoms with van der Waals surface area (Å²) in [6.07, 6.45) is 0. The largest absolute Gasteiger partial charge is 0.321 e. The third kappa shape index (κ3) is 3.28. The Morgan fingerprint density at radius 1 is 1.24 bits per heavy atom. The molecule has 21 heavy (non-hydrogen) atoms. The highest BCUT2D eigenvalue weighted by atomic mass is 79.9. The normalized spacial score (nSPS) is 10.2. The molecule has 2 aromatic carbocycles. The number of halogens is 1. The number of nitro benzene ring substituents is 1. The van der Waals surface area contributed by atoms with Gasteiger partial charge in [0.1, 0.15) is 0 Å². The average molecular weight is 349 g/mol. The van der Waals surface area contributed by atoms with Crippen LogP contribution in [0.15, 0.2) is 40.9 Å². The van der Waals surface area contributed by atoms with Gasteiger partial charge in [0.2, 0.25) is 0 Å². The molecular formula is C15H13BrN2O3. The molecule has 0 bridgehead atoms. The molecule has 0 aromatic heterocycles. The van der Waals surface area contributed by atoms with Crippen LogP contribution in [0, 0.1) is 24.0 Å². The van der Waals surface area contributed by atoms with Gasteiger partial charge in [0.05, 0.1) is 21.7 Å². The first kappa shape index (κ1) is 15.2. The van der Waals surface area contributed by atoms with Gasteiger partial charge in [-0.3, -0.25) is 14.9 Å². The van der Waals surface area contributed by atoms with Crippen LogP contribution in [-0.2, 0) is 0 Å². The van der Waals surface area contributed by atoms with Crippen molar-refractivity contribution in [3.05, 3.63) is 67.7 Å². The van der Waals surface area contributed by atoms with Crippen molar-refractivity contribution in [1.29, 1.82) is 0 Å². The molecule has 0 unspecified atom stereocenters. The number of nitro groups is 1. The first-order valence-electron chi connectivity index (χ1n) is 6.21. The molecule has 5 nitrogen and oxygen atoms in total. The fraction of sp³-hybridized carbons (Fsp3) is 0.133. The summed E-state index contributed by atoms with van der Waals surface area (Å²) in [5.41, 5.74) is 2.29. The van der Waals surface area contributed by atoms with E-state index in [1.807, 2.05) is 13.0 Å². The van der Waals surface area contributed by atoms with Gasteiger partial charge in [0, 0.05) is 10.5 Å². The van der Waals surface area contributed by atoms with Gasteiger partial charge in [-0.15, -0.1) is 0 Å². The molecule has 2 rings (SSSR count). The smallest absolute Gasteiger partial charge is 0.274 e. The lowest BCUT2D eigenvalue weighted by atomic mass is 10.1. The van der Waals surface area contributed by atoms with Crippen LogP contribution in [0.2, 0.25) is 0 Å². The van der Waals surface area contributed by atoms with E-state index in [4.69, 9.17) is 0 Å². The minimum atomic E-state index is -0.465. The highest BCUT2D eigenvalue weighted by Crippen LogP contribution is 2.26. The number of rotatable bonds is 3. The molecule has 2 aromatic rings. The maximum atomic E-state index is 12.3. The third-order valence-corrected chi connectivity index (χ3v) is 3.81. The van der Waals surface area contributed by atoms with Gasteiger partial charge in [-0.25, -0.2) is 0 Å². The summed E-state index contributed by atoms with van der Waals surface area (Å²) in [6.45, 7) is 3.50. The predicted molar refractivity (Wildman–Crippen MR) is 84.7 cm³/mol. The minimum Gasteiger partial charge on any atom is -0.321 e. The number of carbonyl (C=O) groups excluding carboxylic acids is 1. The summed E-state index contributed by atoms with van der Waals surface area (Å²) < 4.78 is 0.675. The van der Waals surface area contributed by atoms with Crippen LogP contribution in [0.3, 0.4) is 0 Å². The Morgan fingerprint density at radius 3 is 2.62 bits per heavy atom. The predicted octanol–water partition coefficient (Wildman–Crippen LogP) is 4.23. The molecule has 0 radical (unpaired) electrons. The molecule has 6 heteroatoms. The zero-order valence-electron chi connectivity index (χ0n) is 11.5. The van der Waals surface area contributed by atoms with Gasteiger partial charge in [0.15, 0.2) is 0 Å². The second-order valence-electron chi connectivity index (χ2n) is 4.64. The molecule has 0 saturated carbocycles. The number of carbonyl (C=O) groups is 1. The molecule has 0 aliphatic rings. The van der Waals surface area contributed by atoms with E-state index in [9.17, 15) is 14.9 Å². The van der Waals surface area contributed by atoms with Crippen LogP contribution in [0.4, 0.5) is 11.4 Å². The van der Waals surface area contributed by atoms with E-state index in [1.165, 1.54) is 6.07 Å². The summed E-state index contributed by atoms with van der Waals surface area (Å²) in [4.78, 5) is 22.8. The Labute approximate surface area is 130 Å². The number of anilines is 1. The van der Waals surface area contributed by atoms with Crippen molar-refractivity contribution in [3.8, 4) is 0 Å². The van der Waals surface area contributed by atoms with E-state index in [1.54, 1.807) is 31.2 Å². The average Bonchev–Trinajstić information content (AvgIpc) is 2.43. The fourth-order valence-electron chi connectivity index (χ4n) is 1.96. The molecule has 1 N–H and O–H groups in total. The van der Waals surface area contributed by atoms with Crippen molar-refractivity contribution in [2.75, 3.05) is 5.32 Å². The van der Waals surface area contributed by atoms with Crippen LogP contribution < -0.4 is 5.32 Å². The summed E-state index contributed by atoms with van der Waals surface area (Å²) in [5.74, 6) is -0.311. The molecule has 0 saturated heterocycles. The Kier molecular flexibility index (Phi) is 4.37. The first-order chi connectivity index (χ1) is 9.90. The van der Waals surface area contributed by atoms with Gasteiger partial charge in [-0.05, 0) is 48.0 Å². The van der Waals surface area contributed by atoms with E-state index < -0.39 is 4.92 Å². The number of nitrogens with zero attached hydrogens (tertiary/aromatic N) is 1. The highest BCUT2D eigenvalue weighted by Gasteiger charge is 2.16. The Balaban J connectivity index is 2.34. The Bertz CT molecular complexity index is 729. The number of amides is 1. The number of hydrogen-bond donors (Lipinski definition) is 1. The first-order valence-corrected chi connectivity index (χ1v) is 7.01. The van der Waals surface area contributed by atoms with Crippen molar-refractivity contribution in [2.45, 2.75) is 13.8 Å². The molecule has 0 aliphatic carbocycles. The van der Waals surface area contributed by atoms with E-state index in [0.717, 1.165) is 5.56 Å². The molecule has 0 aliphatic heterocycles. The van der Waals surface area contributed by atoms with Crippen LogP contribution in [0.1, 0.15) is 21.5 Å². The number of hydrogen-bond acceptors (Lipinski definition) is 3. The summed E-state index contributed by atoms with van der Waals surface area (Å²) in [7, 11) is 0. The molecule has 1 amide bonds. The monoisotopic (exact) mass is 348 g/mol. The lowest BCUT2D eigenvalue weighted by molar-refractivity contribution is -0.385. The Morgan fingerprint density at radius 2 is 1.95 bits per heavy atom. The number of aryl methyl sites for hydroxylation is 1. The van der Waals surface area contributed by atoms with Crippen molar-refractivity contribution in [1.82, 2.24) is 0 Å². The van der Waals surface area contributed by atoms with E-state index >= 15 is 0 Å². The summed E-state index contributed by atoms with van der Waals surface area (Å²) in [6, 6.07) is 10.0. The van der Waals surface area contributed by atoms with Gasteiger partial charge in [-0.2, -0.15) is 0 Å². The molecule has 0 atom stereocenters. The molecule has 0 heterocycles. The number of nitrogens with one attached hydrogen (secondary N) is 1. The van der Waals surface area contributed by atoms with Crippen LogP contribution >= 0.6 is 15.9 Å². The van der Waals surface area contributed by atoms with Crippen molar-refractivity contribution in [2.24, 2.45) is 0 Å². The third-order valence-electron chi connectivity index (χ3n) is 3.12. The van der Waals surface area contributed by atoms with Gasteiger partial charge >= 0.3 is 0 Å². The van der Waals surface area contributed by atoms with E-state index in [2.05, 4.69) is 21.2 Å². The number of benzene rings is 2. The van der Waals surface area contributed by atoms with Crippen molar-refractivity contribution >= 4 is 33.2 Å². The standard InChI is InChI=1S/C15H13BrN2O3/c1-9-6-7-12(16)11(8-9)15(19)17-13-4-3-5-14(10(13)2)18(20)21/h3-8H,1-2H3,(H,17,19). The molecule has 108 valence electrons. The second kappa shape index (κ2) is 6.05. The van der Waals surface area contributed by atoms with Crippen molar-refractivity contribution in [3.63, 3.8) is 0 Å². The maximum absolute atomic E-state index is 12.3. The van der Waals surface area contributed by atoms with E-state index in [-0.39, 0.29) is 11.6 Å². The quantitative estimate of drug-likeness (QED) is 0.666. The van der Waals surface area contributed by atoms with E-state index in [0.29, 0.717) is 21.3 Å². The Hall–Kier alpha value is -2.21. The zero-order valence-corrected chi connectivity index (χ0v) is 13.1. The lowest BCUT2D eigenvalue weighted by Gasteiger charge is -2.10. The molecule has 0 spiro atoms. The van der Waals surface area contributed by atoms with Gasteiger partial charge in [-0.1, -0.05) is 17.7 Å². The fourth-order valence-corrected chi connectivity index (χ4v) is 2.39. The maximum Gasteiger partial charge on any atom is 0.274 e. The van der Waals surface area contributed by atoms with Gasteiger partial charge in [0.25, 0.3) is 11.6 Å². The minimum absolute atomic E-state index is 0.0175. The summed E-state index contributed by atoms with van der Waals surface area (Å²) >= 11 is 3.33. The van der Waals surface area contributed by atoms with Crippen molar-refractivity contribution < 1.29 is 9.72 Å². The zero-order chi connectivity index (χ0) is 15.6. The van der Waals surface area contributed by atoms with Crippen LogP contribution in [0.25, 0.3) is 0 Å². The SMILES string of the molecule is Cc1ccc(Br)c(C(=O)Nc2cccc([N+](=O)[O-])c2C)c1. The lowest BCUT2D eigenvalue weighted by Crippen LogP contribution is -2.14. The van der Waals surface area contributed by atoms with Crippen LogP contribution in [0.5, 0.6) is 0 Å². The summed E-state index contributed by atoms with van der Waals surface area (Å²) in [5, 5.41) is 13.6. The second-order valence-corrected chi connectivity index (χ2v) is 5.50. The van der Waals surface area contributed by atoms with Crippen LogP contribution in [-0.4, -0.2) is 10.8 Å². The van der Waals surface area contributed by atoms with Gasteiger partial charge < -0.3 is 5.32 Å². The molecule has 0 fully saturated rings. The molecular weight excluding hydrogens is 336 g/mol. The highest BCUT2D eigenvalue weighted by molar-refractivity contribution is 9.10.